The molecule has 0 saturated heterocycles. The Balaban J connectivity index is 0.000000183. The van der Waals surface area contributed by atoms with Crippen molar-refractivity contribution in [3.63, 3.8) is 0 Å². The molecule has 0 amide bonds. The molecule has 0 bridgehead atoms. The van der Waals surface area contributed by atoms with Gasteiger partial charge in [0.1, 0.15) is 34.5 Å². The average molecular weight is 801 g/mol. The van der Waals surface area contributed by atoms with Crippen LogP contribution in [-0.4, -0.2) is 16.2 Å². The van der Waals surface area contributed by atoms with Crippen LogP contribution in [0.2, 0.25) is 0 Å². The van der Waals surface area contributed by atoms with Gasteiger partial charge in [0, 0.05) is 16.7 Å². The number of ether oxygens (including phenoxy) is 1. The lowest BCUT2D eigenvalue weighted by Gasteiger charge is -2.30. The number of phenolic OH excluding ortho intramolecular Hbond substituents is 2. The summed E-state index contributed by atoms with van der Waals surface area (Å²) in [5.74, 6) is 0.608. The van der Waals surface area contributed by atoms with Gasteiger partial charge in [-0.15, -0.1) is 4.31 Å². The first kappa shape index (κ1) is 38.5. The predicted octanol–water partition coefficient (Wildman–Crippen LogP) is 11.1. The third-order valence-corrected chi connectivity index (χ3v) is 11.7. The number of para-hydroxylation sites is 4. The van der Waals surface area contributed by atoms with Gasteiger partial charge < -0.3 is 33.0 Å². The number of hydrogen-bond donors (Lipinski definition) is 2. The van der Waals surface area contributed by atoms with Gasteiger partial charge in [0.2, 0.25) is 0 Å². The predicted molar refractivity (Wildman–Crippen MR) is 213 cm³/mol. The number of carbonyl (C=O) groups is 1. The second-order valence-corrected chi connectivity index (χ2v) is 15.5. The molecule has 0 atom stereocenters. The Bertz CT molecular complexity index is 2270. The fourth-order valence-corrected chi connectivity index (χ4v) is 8.98. The summed E-state index contributed by atoms with van der Waals surface area (Å²) < 4.78 is 61.1. The topological polar surface area (TPSA) is 147 Å². The Morgan fingerprint density at radius 2 is 0.737 bits per heavy atom. The van der Waals surface area contributed by atoms with Crippen LogP contribution >= 0.6 is 15.6 Å². The molecule has 1 aliphatic heterocycles. The lowest BCUT2D eigenvalue weighted by Crippen LogP contribution is -2.29. The number of rotatable bonds is 12. The van der Waals surface area contributed by atoms with Gasteiger partial charge in [-0.1, -0.05) is 115 Å². The van der Waals surface area contributed by atoms with Crippen molar-refractivity contribution < 1.29 is 51.3 Å². The van der Waals surface area contributed by atoms with E-state index in [0.717, 1.165) is 16.7 Å². The summed E-state index contributed by atoms with van der Waals surface area (Å²) in [5.41, 5.74) is 1.60. The van der Waals surface area contributed by atoms with Crippen molar-refractivity contribution in [2.45, 2.75) is 5.60 Å². The van der Waals surface area contributed by atoms with E-state index in [1.807, 2.05) is 12.1 Å². The third kappa shape index (κ3) is 9.20. The highest BCUT2D eigenvalue weighted by Crippen LogP contribution is 2.64. The largest absolute Gasteiger partial charge is 0.598 e. The van der Waals surface area contributed by atoms with Crippen molar-refractivity contribution in [3.05, 3.63) is 216 Å². The Labute approximate surface area is 328 Å². The van der Waals surface area contributed by atoms with E-state index in [1.165, 1.54) is 0 Å². The minimum Gasteiger partial charge on any atom is -0.508 e. The maximum Gasteiger partial charge on any atom is 0.598 e. The van der Waals surface area contributed by atoms with Gasteiger partial charge in [-0.25, -0.2) is 13.9 Å². The molecule has 57 heavy (non-hydrogen) atoms. The molecular formula is C44H34O11P2. The molecule has 0 radical (unpaired) electrons. The first-order valence-corrected chi connectivity index (χ1v) is 20.4. The van der Waals surface area contributed by atoms with Crippen molar-refractivity contribution in [2.75, 3.05) is 0 Å². The minimum atomic E-state index is -4.57. The molecule has 2 N–H and O–H groups in total. The van der Waals surface area contributed by atoms with Crippen LogP contribution in [0.3, 0.4) is 0 Å². The molecule has 13 heteroatoms. The number of esters is 1. The van der Waals surface area contributed by atoms with Gasteiger partial charge >= 0.3 is 21.6 Å². The van der Waals surface area contributed by atoms with Crippen LogP contribution in [0.4, 0.5) is 0 Å². The van der Waals surface area contributed by atoms with E-state index in [0.29, 0.717) is 5.56 Å². The van der Waals surface area contributed by atoms with Crippen LogP contribution in [0.15, 0.2) is 194 Å². The number of fused-ring (bicyclic) bond motifs is 1. The third-order valence-electron chi connectivity index (χ3n) is 8.36. The summed E-state index contributed by atoms with van der Waals surface area (Å²) in [6, 6.07) is 53.4. The Morgan fingerprint density at radius 3 is 1.09 bits per heavy atom. The van der Waals surface area contributed by atoms with Crippen LogP contribution in [-0.2, 0) is 23.8 Å². The fourth-order valence-electron chi connectivity index (χ4n) is 5.87. The molecule has 1 heterocycles. The molecule has 0 unspecified atom stereocenters. The summed E-state index contributed by atoms with van der Waals surface area (Å²) in [5, 5.41) is 19.2. The number of hydrogen-bond acceptors (Lipinski definition) is 11. The lowest BCUT2D eigenvalue weighted by atomic mass is 9.80. The highest BCUT2D eigenvalue weighted by Gasteiger charge is 2.49. The zero-order valence-electron chi connectivity index (χ0n) is 29.9. The molecule has 286 valence electrons. The van der Waals surface area contributed by atoms with Crippen molar-refractivity contribution in [1.29, 1.82) is 0 Å². The van der Waals surface area contributed by atoms with Crippen molar-refractivity contribution >= 4 is 21.6 Å². The molecule has 11 nitrogen and oxygen atoms in total. The summed E-state index contributed by atoms with van der Waals surface area (Å²) in [4.78, 5) is 12.4. The SMILES string of the molecule is O=C1OC(c2ccc(O)cc2)(c2ccc(O)cc2)c2ccccc21.O=P(Oc1ccccc1)(Oc1ccccc1)OP(=O)(Oc1ccccc1)Oc1ccccc1. The van der Waals surface area contributed by atoms with E-state index in [2.05, 4.69) is 0 Å². The number of aromatic hydroxyl groups is 2. The molecule has 7 aromatic carbocycles. The lowest BCUT2D eigenvalue weighted by molar-refractivity contribution is 0.0251. The van der Waals surface area contributed by atoms with Crippen LogP contribution in [0.1, 0.15) is 27.0 Å². The first-order chi connectivity index (χ1) is 27.6. The zero-order chi connectivity index (χ0) is 39.7. The number of carbonyl (C=O) groups excluding carboxylic acids is 1. The molecule has 0 fully saturated rings. The van der Waals surface area contributed by atoms with Crippen LogP contribution in [0, 0.1) is 0 Å². The fraction of sp³-hybridized carbons (Fsp3) is 0.0227. The van der Waals surface area contributed by atoms with E-state index < -0.39 is 27.2 Å². The van der Waals surface area contributed by atoms with Gasteiger partial charge in [-0.2, -0.15) is 0 Å². The van der Waals surface area contributed by atoms with Gasteiger partial charge in [0.15, 0.2) is 5.60 Å². The van der Waals surface area contributed by atoms with Crippen molar-refractivity contribution in [1.82, 2.24) is 0 Å². The number of phosphoric ester groups is 2. The number of phenols is 2. The van der Waals surface area contributed by atoms with E-state index in [9.17, 15) is 24.1 Å². The number of phosphoric acid groups is 2. The summed E-state index contributed by atoms with van der Waals surface area (Å²) >= 11 is 0. The molecule has 1 aliphatic rings. The monoisotopic (exact) mass is 800 g/mol. The average Bonchev–Trinajstić information content (AvgIpc) is 3.52. The standard InChI is InChI=1S/C24H20O7P2.C20H14O4/c25-32(27-21-13-5-1-6-14-21,28-22-15-7-2-8-16-22)31-33(26,29-23-17-9-3-10-18-23)30-24-19-11-4-12-20-24;21-15-9-5-13(6-10-15)20(14-7-11-16(22)12-8-14)18-4-2-1-3-17(18)19(23)24-20/h1-20H;1-12,21-22H. The second-order valence-electron chi connectivity index (χ2n) is 12.3. The van der Waals surface area contributed by atoms with Crippen molar-refractivity contribution in [2.24, 2.45) is 0 Å². The normalized spacial score (nSPS) is 12.9. The quantitative estimate of drug-likeness (QED) is 0.0899. The molecule has 8 rings (SSSR count). The molecule has 0 aromatic heterocycles. The second kappa shape index (κ2) is 16.9. The van der Waals surface area contributed by atoms with Gasteiger partial charge in [0.25, 0.3) is 0 Å². The first-order valence-electron chi connectivity index (χ1n) is 17.4. The Morgan fingerprint density at radius 1 is 0.421 bits per heavy atom. The number of cyclic esters (lactones) is 1. The van der Waals surface area contributed by atoms with E-state index >= 15 is 0 Å². The smallest absolute Gasteiger partial charge is 0.508 e. The van der Waals surface area contributed by atoms with Gasteiger partial charge in [0.05, 0.1) is 5.56 Å². The highest BCUT2D eigenvalue weighted by molar-refractivity contribution is 7.63. The molecule has 0 saturated carbocycles. The Hall–Kier alpha value is -6.77. The minimum absolute atomic E-state index is 0.136. The van der Waals surface area contributed by atoms with E-state index in [4.69, 9.17) is 27.1 Å². The molecule has 7 aromatic rings. The van der Waals surface area contributed by atoms with Crippen LogP contribution in [0.5, 0.6) is 34.5 Å². The van der Waals surface area contributed by atoms with Crippen LogP contribution in [0.25, 0.3) is 0 Å². The summed E-state index contributed by atoms with van der Waals surface area (Å²) in [6.07, 6.45) is 0. The van der Waals surface area contributed by atoms with E-state index in [1.54, 1.807) is 182 Å². The summed E-state index contributed by atoms with van der Waals surface area (Å²) in [7, 11) is -9.14. The summed E-state index contributed by atoms with van der Waals surface area (Å²) in [6.45, 7) is 0. The molecule has 0 spiro atoms. The van der Waals surface area contributed by atoms with Gasteiger partial charge in [-0.3, -0.25) is 0 Å². The Kier molecular flexibility index (Phi) is 11.4. The molecule has 0 aliphatic carbocycles. The van der Waals surface area contributed by atoms with Crippen LogP contribution < -0.4 is 18.1 Å². The van der Waals surface area contributed by atoms with Crippen molar-refractivity contribution in [3.8, 4) is 34.5 Å². The molecular weight excluding hydrogens is 766 g/mol. The maximum atomic E-state index is 13.7. The van der Waals surface area contributed by atoms with E-state index in [-0.39, 0.29) is 34.5 Å². The highest BCUT2D eigenvalue weighted by atomic mass is 31.3. The number of benzene rings is 7. The maximum absolute atomic E-state index is 13.7. The van der Waals surface area contributed by atoms with Gasteiger partial charge in [-0.05, 0) is 78.9 Å². The zero-order valence-corrected chi connectivity index (χ0v) is 31.7.